The zero-order valence-corrected chi connectivity index (χ0v) is 16.5. The lowest BCUT2D eigenvalue weighted by Gasteiger charge is -2.47. The lowest BCUT2D eigenvalue weighted by molar-refractivity contribution is -0.192. The number of pyridine rings is 1. The highest BCUT2D eigenvalue weighted by Gasteiger charge is 2.51. The molecular weight excluding hydrogens is 425 g/mol. The number of thioether (sulfide) groups is 1. The first kappa shape index (κ1) is 22.0. The molecule has 0 saturated carbocycles. The number of hydrogen-bond donors (Lipinski definition) is 1. The fourth-order valence-electron chi connectivity index (χ4n) is 3.21. The van der Waals surface area contributed by atoms with Crippen LogP contribution < -0.4 is 4.74 Å². The third-order valence-corrected chi connectivity index (χ3v) is 6.15. The molecule has 2 aliphatic rings. The Balaban J connectivity index is 0.000000318. The highest BCUT2D eigenvalue weighted by molar-refractivity contribution is 8.01. The summed E-state index contributed by atoms with van der Waals surface area (Å²) >= 11 is 1.93. The number of carbonyl (C=O) groups is 2. The number of likely N-dealkylation sites (tertiary alicyclic amines) is 1. The van der Waals surface area contributed by atoms with Crippen LogP contribution >= 0.6 is 11.8 Å². The molecule has 1 N–H and O–H groups in total. The van der Waals surface area contributed by atoms with Crippen LogP contribution in [-0.2, 0) is 16.0 Å². The quantitative estimate of drug-likeness (QED) is 0.775. The summed E-state index contributed by atoms with van der Waals surface area (Å²) in [5, 5.41) is 7.12. The first-order chi connectivity index (χ1) is 14.2. The van der Waals surface area contributed by atoms with E-state index in [1.165, 1.54) is 0 Å². The minimum Gasteiger partial charge on any atom is -0.488 e. The van der Waals surface area contributed by atoms with E-state index in [1.54, 1.807) is 18.7 Å². The van der Waals surface area contributed by atoms with Gasteiger partial charge in [-0.25, -0.2) is 4.79 Å². The number of hydrogen-bond acceptors (Lipinski definition) is 6. The first-order valence-electron chi connectivity index (χ1n) is 8.98. The van der Waals surface area contributed by atoms with E-state index in [0.29, 0.717) is 6.42 Å². The van der Waals surface area contributed by atoms with Gasteiger partial charge in [0.15, 0.2) is 0 Å². The van der Waals surface area contributed by atoms with Gasteiger partial charge >= 0.3 is 12.1 Å². The van der Waals surface area contributed by atoms with Gasteiger partial charge in [-0.1, -0.05) is 0 Å². The molecule has 2 aliphatic heterocycles. The van der Waals surface area contributed by atoms with Crippen LogP contribution in [0, 0.1) is 0 Å². The molecule has 1 atom stereocenters. The molecular formula is C19H19F3N2O5S. The van der Waals surface area contributed by atoms with E-state index in [1.807, 2.05) is 40.9 Å². The molecule has 1 spiro atoms. The molecule has 7 nitrogen and oxygen atoms in total. The predicted molar refractivity (Wildman–Crippen MR) is 101 cm³/mol. The van der Waals surface area contributed by atoms with E-state index in [4.69, 9.17) is 19.1 Å². The molecule has 0 aromatic carbocycles. The molecule has 2 aromatic rings. The van der Waals surface area contributed by atoms with Gasteiger partial charge in [0.05, 0.1) is 23.6 Å². The van der Waals surface area contributed by atoms with Crippen molar-refractivity contribution < 1.29 is 37.0 Å². The zero-order valence-electron chi connectivity index (χ0n) is 15.7. The summed E-state index contributed by atoms with van der Waals surface area (Å²) in [6, 6.07) is 7.47. The highest BCUT2D eigenvalue weighted by Crippen LogP contribution is 2.46. The maximum absolute atomic E-state index is 12.2. The second kappa shape index (κ2) is 8.99. The molecule has 0 radical (unpaired) electrons. The van der Waals surface area contributed by atoms with Crippen molar-refractivity contribution in [3.8, 4) is 5.75 Å². The van der Waals surface area contributed by atoms with Crippen LogP contribution in [0.25, 0.3) is 0 Å². The van der Waals surface area contributed by atoms with Gasteiger partial charge in [0.2, 0.25) is 5.91 Å². The van der Waals surface area contributed by atoms with Gasteiger partial charge < -0.3 is 19.2 Å². The van der Waals surface area contributed by atoms with Gasteiger partial charge in [0, 0.05) is 31.5 Å². The SMILES string of the molecule is O=C(Cc1ccco1)N1CC2(CC(Oc3cccnc3)CS2)C1.O=C(O)C(F)(F)F. The number of amides is 1. The first-order valence-corrected chi connectivity index (χ1v) is 9.96. The van der Waals surface area contributed by atoms with E-state index in [2.05, 4.69) is 4.98 Å². The van der Waals surface area contributed by atoms with Crippen LogP contribution in [0.4, 0.5) is 13.2 Å². The van der Waals surface area contributed by atoms with Crippen molar-refractivity contribution in [3.63, 3.8) is 0 Å². The van der Waals surface area contributed by atoms with Gasteiger partial charge in [-0.05, 0) is 24.3 Å². The maximum Gasteiger partial charge on any atom is 0.490 e. The molecule has 2 aromatic heterocycles. The number of carboxylic acids is 1. The van der Waals surface area contributed by atoms with Crippen LogP contribution in [0.2, 0.25) is 0 Å². The van der Waals surface area contributed by atoms with Crippen LogP contribution in [0.5, 0.6) is 5.75 Å². The number of carboxylic acid groups (broad SMARTS) is 1. The Kier molecular flexibility index (Phi) is 6.59. The molecule has 1 amide bonds. The highest BCUT2D eigenvalue weighted by atomic mass is 32.2. The number of aromatic nitrogens is 1. The van der Waals surface area contributed by atoms with Crippen molar-refractivity contribution in [1.82, 2.24) is 9.88 Å². The fourth-order valence-corrected chi connectivity index (χ4v) is 4.73. The topological polar surface area (TPSA) is 92.9 Å². The normalized spacial score (nSPS) is 19.6. The number of ether oxygens (including phenoxy) is 1. The number of rotatable bonds is 4. The largest absolute Gasteiger partial charge is 0.490 e. The molecule has 11 heteroatoms. The van der Waals surface area contributed by atoms with Crippen LogP contribution in [-0.4, -0.2) is 62.7 Å². The third kappa shape index (κ3) is 5.68. The van der Waals surface area contributed by atoms with Crippen molar-refractivity contribution in [2.75, 3.05) is 18.8 Å². The lowest BCUT2D eigenvalue weighted by Crippen LogP contribution is -2.61. The fraction of sp³-hybridized carbons (Fsp3) is 0.421. The minimum absolute atomic E-state index is 0.141. The Morgan fingerprint density at radius 1 is 1.33 bits per heavy atom. The van der Waals surface area contributed by atoms with Crippen LogP contribution in [0.1, 0.15) is 12.2 Å². The molecule has 162 valence electrons. The minimum atomic E-state index is -5.08. The zero-order chi connectivity index (χ0) is 21.8. The van der Waals surface area contributed by atoms with Crippen molar-refractivity contribution in [1.29, 1.82) is 0 Å². The monoisotopic (exact) mass is 444 g/mol. The summed E-state index contributed by atoms with van der Waals surface area (Å²) in [6.07, 6.45) is 1.54. The summed E-state index contributed by atoms with van der Waals surface area (Å²) in [5.74, 6) is -0.0990. The number of furan rings is 1. The molecule has 30 heavy (non-hydrogen) atoms. The lowest BCUT2D eigenvalue weighted by atomic mass is 9.92. The van der Waals surface area contributed by atoms with Gasteiger partial charge in [-0.15, -0.1) is 11.8 Å². The van der Waals surface area contributed by atoms with Crippen molar-refractivity contribution in [3.05, 3.63) is 48.7 Å². The molecule has 1 unspecified atom stereocenters. The van der Waals surface area contributed by atoms with Gasteiger partial charge in [-0.3, -0.25) is 9.78 Å². The Labute approximate surface area is 174 Å². The van der Waals surface area contributed by atoms with E-state index in [0.717, 1.165) is 36.8 Å². The van der Waals surface area contributed by atoms with Crippen molar-refractivity contribution in [2.45, 2.75) is 29.9 Å². The predicted octanol–water partition coefficient (Wildman–Crippen LogP) is 3.02. The van der Waals surface area contributed by atoms with Crippen molar-refractivity contribution >= 4 is 23.6 Å². The molecule has 0 bridgehead atoms. The van der Waals surface area contributed by atoms with E-state index < -0.39 is 12.1 Å². The average molecular weight is 444 g/mol. The summed E-state index contributed by atoms with van der Waals surface area (Å²) in [4.78, 5) is 27.1. The maximum atomic E-state index is 12.2. The summed E-state index contributed by atoms with van der Waals surface area (Å²) in [5.41, 5.74) is 0. The third-order valence-electron chi connectivity index (χ3n) is 4.57. The number of aliphatic carboxylic acids is 1. The summed E-state index contributed by atoms with van der Waals surface area (Å²) < 4.78 is 43.1. The molecule has 2 saturated heterocycles. The number of carbonyl (C=O) groups excluding carboxylic acids is 1. The van der Waals surface area contributed by atoms with Crippen molar-refractivity contribution in [2.24, 2.45) is 0 Å². The van der Waals surface area contributed by atoms with E-state index >= 15 is 0 Å². The molecule has 4 rings (SSSR count). The van der Waals surface area contributed by atoms with Gasteiger partial charge in [-0.2, -0.15) is 13.2 Å². The second-order valence-corrected chi connectivity index (χ2v) is 8.42. The number of nitrogens with zero attached hydrogens (tertiary/aromatic N) is 2. The van der Waals surface area contributed by atoms with E-state index in [9.17, 15) is 18.0 Å². The van der Waals surface area contributed by atoms with Crippen LogP contribution in [0.3, 0.4) is 0 Å². The van der Waals surface area contributed by atoms with Gasteiger partial charge in [0.1, 0.15) is 17.6 Å². The molecule has 0 aliphatic carbocycles. The van der Waals surface area contributed by atoms with Crippen LogP contribution in [0.15, 0.2) is 47.3 Å². The Bertz CT molecular complexity index is 855. The van der Waals surface area contributed by atoms with Gasteiger partial charge in [0.25, 0.3) is 0 Å². The Morgan fingerprint density at radius 2 is 2.07 bits per heavy atom. The standard InChI is InChI=1S/C17H18N2O3S.C2HF3O2/c20-16(7-13-4-2-6-21-13)19-11-17(12-19)8-15(10-23-17)22-14-3-1-5-18-9-14;3-2(4,5)1(6)7/h1-6,9,15H,7-8,10-12H2;(H,6,7). The Hall–Kier alpha value is -2.69. The molecule has 2 fully saturated rings. The van der Waals surface area contributed by atoms with E-state index in [-0.39, 0.29) is 16.8 Å². The smallest absolute Gasteiger partial charge is 0.488 e. The molecule has 4 heterocycles. The number of alkyl halides is 3. The summed E-state index contributed by atoms with van der Waals surface area (Å²) in [7, 11) is 0. The number of halogens is 3. The summed E-state index contributed by atoms with van der Waals surface area (Å²) in [6.45, 7) is 1.62. The second-order valence-electron chi connectivity index (χ2n) is 6.94. The average Bonchev–Trinajstić information content (AvgIpc) is 3.31. The Morgan fingerprint density at radius 3 is 2.63 bits per heavy atom.